The highest BCUT2D eigenvalue weighted by Crippen LogP contribution is 2.18. The summed E-state index contributed by atoms with van der Waals surface area (Å²) >= 11 is 0. The highest BCUT2D eigenvalue weighted by molar-refractivity contribution is 5.96. The average molecular weight is 331 g/mol. The van der Waals surface area contributed by atoms with E-state index in [-0.39, 0.29) is 29.9 Å². The fraction of sp³-hybridized carbons (Fsp3) is 0.353. The summed E-state index contributed by atoms with van der Waals surface area (Å²) in [6, 6.07) is 9.93. The zero-order valence-corrected chi connectivity index (χ0v) is 13.7. The number of carbonyl (C=O) groups is 2. The van der Waals surface area contributed by atoms with Crippen LogP contribution in [0.2, 0.25) is 0 Å². The summed E-state index contributed by atoms with van der Waals surface area (Å²) in [4.78, 5) is 23.8. The van der Waals surface area contributed by atoms with Crippen LogP contribution >= 0.6 is 0 Å². The molecule has 0 fully saturated rings. The molecule has 1 amide bonds. The molecule has 1 atom stereocenters. The predicted octanol–water partition coefficient (Wildman–Crippen LogP) is 2.03. The summed E-state index contributed by atoms with van der Waals surface area (Å²) in [7, 11) is 0. The molecule has 1 aromatic carbocycles. The smallest absolute Gasteiger partial charge is 0.346 e. The number of hydrogen-bond acceptors (Lipinski definition) is 6. The Hall–Kier alpha value is -2.83. The Bertz CT molecular complexity index is 678. The van der Waals surface area contributed by atoms with Gasteiger partial charge in [-0.2, -0.15) is 0 Å². The molecule has 7 nitrogen and oxygen atoms in total. The lowest BCUT2D eigenvalue weighted by molar-refractivity contribution is -0.124. The molecule has 2 aromatic rings. The molecule has 2 rings (SSSR count). The largest absolute Gasteiger partial charge is 0.452 e. The second kappa shape index (κ2) is 8.14. The lowest BCUT2D eigenvalue weighted by atomic mass is 9.96. The van der Waals surface area contributed by atoms with Gasteiger partial charge in [0.1, 0.15) is 5.56 Å². The van der Waals surface area contributed by atoms with Gasteiger partial charge in [-0.1, -0.05) is 42.4 Å². The number of ether oxygens (including phenoxy) is 1. The number of anilines is 1. The molecule has 0 saturated carbocycles. The van der Waals surface area contributed by atoms with Crippen molar-refractivity contribution >= 4 is 17.8 Å². The summed E-state index contributed by atoms with van der Waals surface area (Å²) in [5.41, 5.74) is 7.04. The molecule has 7 heteroatoms. The summed E-state index contributed by atoms with van der Waals surface area (Å²) in [5.74, 6) is -1.00. The molecule has 0 bridgehead atoms. The molecule has 0 aliphatic carbocycles. The van der Waals surface area contributed by atoms with Crippen molar-refractivity contribution in [1.29, 1.82) is 0 Å². The van der Waals surface area contributed by atoms with Gasteiger partial charge in [-0.25, -0.2) is 4.79 Å². The number of rotatable bonds is 7. The van der Waals surface area contributed by atoms with Gasteiger partial charge < -0.3 is 20.3 Å². The second-order valence-corrected chi connectivity index (χ2v) is 5.40. The molecule has 24 heavy (non-hydrogen) atoms. The van der Waals surface area contributed by atoms with Crippen molar-refractivity contribution in [2.45, 2.75) is 26.2 Å². The van der Waals surface area contributed by atoms with Gasteiger partial charge in [0.25, 0.3) is 5.91 Å². The monoisotopic (exact) mass is 331 g/mol. The van der Waals surface area contributed by atoms with Gasteiger partial charge >= 0.3 is 5.97 Å². The number of aromatic nitrogens is 1. The van der Waals surface area contributed by atoms with Crippen LogP contribution in [0.5, 0.6) is 0 Å². The molecule has 128 valence electrons. The van der Waals surface area contributed by atoms with Gasteiger partial charge in [0.2, 0.25) is 5.88 Å². The number of carbonyl (C=O) groups excluding carboxylic acids is 2. The minimum absolute atomic E-state index is 0.0542. The molecule has 0 radical (unpaired) electrons. The van der Waals surface area contributed by atoms with Crippen molar-refractivity contribution in [3.63, 3.8) is 0 Å². The van der Waals surface area contributed by atoms with Crippen molar-refractivity contribution in [2.75, 3.05) is 18.9 Å². The number of benzene rings is 1. The fourth-order valence-corrected chi connectivity index (χ4v) is 2.35. The van der Waals surface area contributed by atoms with Gasteiger partial charge in [0, 0.05) is 12.5 Å². The Kier molecular flexibility index (Phi) is 5.95. The number of aryl methyl sites for hydroxylation is 1. The number of hydrogen-bond donors (Lipinski definition) is 2. The highest BCUT2D eigenvalue weighted by atomic mass is 16.5. The maximum Gasteiger partial charge on any atom is 0.346 e. The van der Waals surface area contributed by atoms with Crippen molar-refractivity contribution < 1.29 is 18.8 Å². The highest BCUT2D eigenvalue weighted by Gasteiger charge is 2.21. The van der Waals surface area contributed by atoms with Crippen LogP contribution in [-0.4, -0.2) is 30.2 Å². The number of nitrogen functional groups attached to an aromatic ring is 1. The van der Waals surface area contributed by atoms with Crippen LogP contribution in [0.3, 0.4) is 0 Å². The lowest BCUT2D eigenvalue weighted by Crippen LogP contribution is -2.32. The zero-order chi connectivity index (χ0) is 17.5. The average Bonchev–Trinajstić information content (AvgIpc) is 2.93. The van der Waals surface area contributed by atoms with Gasteiger partial charge in [-0.15, -0.1) is 0 Å². The maximum atomic E-state index is 11.9. The third kappa shape index (κ3) is 4.34. The molecule has 3 N–H and O–H groups in total. The van der Waals surface area contributed by atoms with Crippen molar-refractivity contribution in [2.24, 2.45) is 0 Å². The Morgan fingerprint density at radius 1 is 1.33 bits per heavy atom. The van der Waals surface area contributed by atoms with Crippen LogP contribution in [0.15, 0.2) is 34.9 Å². The number of nitrogens with zero attached hydrogens (tertiary/aromatic N) is 1. The minimum Gasteiger partial charge on any atom is -0.452 e. The Morgan fingerprint density at radius 2 is 2.04 bits per heavy atom. The quantitative estimate of drug-likeness (QED) is 0.752. The van der Waals surface area contributed by atoms with Gasteiger partial charge in [0.15, 0.2) is 6.61 Å². The number of nitrogens with one attached hydrogen (secondary N) is 1. The third-order valence-electron chi connectivity index (χ3n) is 3.74. The third-order valence-corrected chi connectivity index (χ3v) is 3.74. The van der Waals surface area contributed by atoms with Gasteiger partial charge in [-0.3, -0.25) is 4.79 Å². The summed E-state index contributed by atoms with van der Waals surface area (Å²) in [6.45, 7) is 3.73. The predicted molar refractivity (Wildman–Crippen MR) is 88.4 cm³/mol. The number of esters is 1. The van der Waals surface area contributed by atoms with Crippen LogP contribution < -0.4 is 11.1 Å². The lowest BCUT2D eigenvalue weighted by Gasteiger charge is -2.16. The molecule has 1 aromatic heterocycles. The van der Waals surface area contributed by atoms with E-state index in [1.807, 2.05) is 30.3 Å². The van der Waals surface area contributed by atoms with Crippen LogP contribution in [0.4, 0.5) is 5.88 Å². The standard InChI is InChI=1S/C17H21N3O4/c1-3-12(13-7-5-4-6-8-13)9-19-14(21)10-23-17(22)15-11(2)20-24-16(15)18/h4-8,12H,3,9-10,18H2,1-2H3,(H,19,21). The Labute approximate surface area is 140 Å². The summed E-state index contributed by atoms with van der Waals surface area (Å²) < 4.78 is 9.64. The van der Waals surface area contributed by atoms with Gasteiger partial charge in [0.05, 0.1) is 5.69 Å². The van der Waals surface area contributed by atoms with E-state index in [0.717, 1.165) is 12.0 Å². The van der Waals surface area contributed by atoms with E-state index in [0.29, 0.717) is 12.2 Å². The molecule has 0 saturated heterocycles. The van der Waals surface area contributed by atoms with E-state index in [2.05, 4.69) is 17.4 Å². The normalized spacial score (nSPS) is 11.8. The Morgan fingerprint density at radius 3 is 2.62 bits per heavy atom. The SMILES string of the molecule is CCC(CNC(=O)COC(=O)c1c(C)noc1N)c1ccccc1. The minimum atomic E-state index is -0.725. The van der Waals surface area contributed by atoms with E-state index < -0.39 is 5.97 Å². The second-order valence-electron chi connectivity index (χ2n) is 5.40. The van der Waals surface area contributed by atoms with E-state index in [4.69, 9.17) is 15.0 Å². The van der Waals surface area contributed by atoms with Crippen LogP contribution in [0.1, 0.15) is 40.9 Å². The summed E-state index contributed by atoms with van der Waals surface area (Å²) in [5, 5.41) is 6.34. The van der Waals surface area contributed by atoms with E-state index >= 15 is 0 Å². The van der Waals surface area contributed by atoms with Gasteiger partial charge in [-0.05, 0) is 18.9 Å². The van der Waals surface area contributed by atoms with Crippen molar-refractivity contribution in [1.82, 2.24) is 10.5 Å². The fourth-order valence-electron chi connectivity index (χ4n) is 2.35. The molecule has 1 heterocycles. The zero-order valence-electron chi connectivity index (χ0n) is 13.7. The first kappa shape index (κ1) is 17.5. The first-order chi connectivity index (χ1) is 11.5. The molecule has 0 aliphatic rings. The summed E-state index contributed by atoms with van der Waals surface area (Å²) in [6.07, 6.45) is 0.889. The molecular weight excluding hydrogens is 310 g/mol. The molecule has 0 spiro atoms. The molecule has 1 unspecified atom stereocenters. The van der Waals surface area contributed by atoms with E-state index in [1.54, 1.807) is 6.92 Å². The van der Waals surface area contributed by atoms with Crippen LogP contribution in [-0.2, 0) is 9.53 Å². The number of nitrogens with two attached hydrogens (primary N) is 1. The first-order valence-electron chi connectivity index (χ1n) is 7.73. The first-order valence-corrected chi connectivity index (χ1v) is 7.73. The molecule has 0 aliphatic heterocycles. The van der Waals surface area contributed by atoms with E-state index in [9.17, 15) is 9.59 Å². The van der Waals surface area contributed by atoms with E-state index in [1.165, 1.54) is 0 Å². The topological polar surface area (TPSA) is 107 Å². The molecular formula is C17H21N3O4. The van der Waals surface area contributed by atoms with Crippen LogP contribution in [0, 0.1) is 6.92 Å². The number of amides is 1. The van der Waals surface area contributed by atoms with Crippen molar-refractivity contribution in [3.05, 3.63) is 47.2 Å². The van der Waals surface area contributed by atoms with Crippen LogP contribution in [0.25, 0.3) is 0 Å². The Balaban J connectivity index is 1.82. The maximum absolute atomic E-state index is 11.9. The van der Waals surface area contributed by atoms with Crippen molar-refractivity contribution in [3.8, 4) is 0 Å².